The summed E-state index contributed by atoms with van der Waals surface area (Å²) < 4.78 is 16.7. The molecule has 1 N–H and O–H groups in total. The van der Waals surface area contributed by atoms with Crippen LogP contribution in [0.5, 0.6) is 11.5 Å². The van der Waals surface area contributed by atoms with Gasteiger partial charge in [-0.2, -0.15) is 0 Å². The van der Waals surface area contributed by atoms with Gasteiger partial charge in [-0.3, -0.25) is 0 Å². The second-order valence-electron chi connectivity index (χ2n) is 5.14. The molecule has 0 saturated carbocycles. The maximum absolute atomic E-state index is 5.84. The van der Waals surface area contributed by atoms with Crippen LogP contribution in [0.1, 0.15) is 31.4 Å². The molecule has 1 heterocycles. The van der Waals surface area contributed by atoms with Crippen molar-refractivity contribution >= 4 is 0 Å². The Labute approximate surface area is 121 Å². The van der Waals surface area contributed by atoms with Gasteiger partial charge in [0.1, 0.15) is 11.5 Å². The van der Waals surface area contributed by atoms with Crippen LogP contribution >= 0.6 is 0 Å². The predicted octanol–water partition coefficient (Wildman–Crippen LogP) is 2.78. The molecule has 1 aliphatic heterocycles. The highest BCUT2D eigenvalue weighted by Gasteiger charge is 2.35. The third-order valence-electron chi connectivity index (χ3n) is 4.17. The molecule has 3 unspecified atom stereocenters. The van der Waals surface area contributed by atoms with Gasteiger partial charge < -0.3 is 19.5 Å². The van der Waals surface area contributed by atoms with Gasteiger partial charge in [-0.25, -0.2) is 0 Å². The van der Waals surface area contributed by atoms with E-state index in [1.807, 2.05) is 19.2 Å². The lowest BCUT2D eigenvalue weighted by Crippen LogP contribution is -2.31. The van der Waals surface area contributed by atoms with E-state index in [2.05, 4.69) is 18.3 Å². The van der Waals surface area contributed by atoms with Crippen molar-refractivity contribution in [2.75, 3.05) is 27.9 Å². The number of methoxy groups -OCH3 is 2. The highest BCUT2D eigenvalue weighted by molar-refractivity contribution is 5.42. The Hall–Kier alpha value is -1.26. The van der Waals surface area contributed by atoms with Gasteiger partial charge >= 0.3 is 0 Å². The first-order chi connectivity index (χ1) is 9.74. The van der Waals surface area contributed by atoms with Crippen LogP contribution in [0.3, 0.4) is 0 Å². The normalized spacial score (nSPS) is 23.6. The predicted molar refractivity (Wildman–Crippen MR) is 79.5 cm³/mol. The average molecular weight is 279 g/mol. The molecular weight excluding hydrogens is 254 g/mol. The van der Waals surface area contributed by atoms with Crippen LogP contribution in [0.2, 0.25) is 0 Å². The molecule has 1 aliphatic rings. The molecule has 0 aromatic heterocycles. The lowest BCUT2D eigenvalue weighted by Gasteiger charge is -2.28. The molecule has 4 nitrogen and oxygen atoms in total. The number of hydrogen-bond acceptors (Lipinski definition) is 4. The van der Waals surface area contributed by atoms with Crippen molar-refractivity contribution in [3.8, 4) is 11.5 Å². The lowest BCUT2D eigenvalue weighted by atomic mass is 9.86. The van der Waals surface area contributed by atoms with E-state index in [-0.39, 0.29) is 6.04 Å². The van der Waals surface area contributed by atoms with Crippen molar-refractivity contribution in [3.05, 3.63) is 23.8 Å². The molecular formula is C16H25NO3. The first-order valence-electron chi connectivity index (χ1n) is 7.25. The number of rotatable bonds is 6. The van der Waals surface area contributed by atoms with E-state index in [0.29, 0.717) is 12.0 Å². The number of hydrogen-bond donors (Lipinski definition) is 1. The van der Waals surface area contributed by atoms with Crippen LogP contribution in [0.4, 0.5) is 0 Å². The minimum atomic E-state index is 0.215. The zero-order valence-electron chi connectivity index (χ0n) is 12.8. The van der Waals surface area contributed by atoms with Crippen LogP contribution in [0.15, 0.2) is 18.2 Å². The van der Waals surface area contributed by atoms with Gasteiger partial charge in [0.05, 0.1) is 20.3 Å². The molecule has 20 heavy (non-hydrogen) atoms. The zero-order chi connectivity index (χ0) is 14.5. The second-order valence-corrected chi connectivity index (χ2v) is 5.14. The number of ether oxygens (including phenoxy) is 3. The Morgan fingerprint density at radius 1 is 1.35 bits per heavy atom. The largest absolute Gasteiger partial charge is 0.497 e. The van der Waals surface area contributed by atoms with E-state index in [9.17, 15) is 0 Å². The number of nitrogens with one attached hydrogen (secondary N) is 1. The summed E-state index contributed by atoms with van der Waals surface area (Å²) >= 11 is 0. The fraction of sp³-hybridized carbons (Fsp3) is 0.625. The average Bonchev–Trinajstić information content (AvgIpc) is 2.96. The fourth-order valence-corrected chi connectivity index (χ4v) is 3.15. The summed E-state index contributed by atoms with van der Waals surface area (Å²) in [6, 6.07) is 6.17. The minimum absolute atomic E-state index is 0.215. The van der Waals surface area contributed by atoms with Gasteiger partial charge in [-0.15, -0.1) is 0 Å². The minimum Gasteiger partial charge on any atom is -0.497 e. The first-order valence-corrected chi connectivity index (χ1v) is 7.25. The molecule has 1 fully saturated rings. The van der Waals surface area contributed by atoms with Gasteiger partial charge in [-0.1, -0.05) is 6.92 Å². The molecule has 3 atom stereocenters. The smallest absolute Gasteiger partial charge is 0.123 e. The van der Waals surface area contributed by atoms with E-state index in [4.69, 9.17) is 14.2 Å². The molecule has 2 rings (SSSR count). The molecule has 4 heteroatoms. The molecule has 1 aromatic carbocycles. The van der Waals surface area contributed by atoms with E-state index in [1.165, 1.54) is 0 Å². The molecule has 0 spiro atoms. The molecule has 0 bridgehead atoms. The van der Waals surface area contributed by atoms with Gasteiger partial charge in [0, 0.05) is 24.1 Å². The van der Waals surface area contributed by atoms with Gasteiger partial charge in [0.25, 0.3) is 0 Å². The Bertz CT molecular complexity index is 436. The standard InChI is InChI=1S/C16H25NO3/c1-5-14-12(8-9-20-14)16(17-2)13-10-11(18-3)6-7-15(13)19-4/h6-7,10,12,14,16-17H,5,8-9H2,1-4H3. The highest BCUT2D eigenvalue weighted by Crippen LogP contribution is 2.39. The fourth-order valence-electron chi connectivity index (χ4n) is 3.15. The number of benzene rings is 1. The summed E-state index contributed by atoms with van der Waals surface area (Å²) in [7, 11) is 5.39. The maximum Gasteiger partial charge on any atom is 0.123 e. The van der Waals surface area contributed by atoms with Gasteiger partial charge in [-0.05, 0) is 38.1 Å². The van der Waals surface area contributed by atoms with E-state index >= 15 is 0 Å². The lowest BCUT2D eigenvalue weighted by molar-refractivity contribution is 0.0779. The Balaban J connectivity index is 2.34. The Kier molecular flexibility index (Phi) is 5.26. The molecule has 1 saturated heterocycles. The zero-order valence-corrected chi connectivity index (χ0v) is 12.8. The van der Waals surface area contributed by atoms with Crippen LogP contribution in [0.25, 0.3) is 0 Å². The van der Waals surface area contributed by atoms with E-state index in [1.54, 1.807) is 14.2 Å². The summed E-state index contributed by atoms with van der Waals surface area (Å²) in [5.74, 6) is 2.21. The highest BCUT2D eigenvalue weighted by atomic mass is 16.5. The van der Waals surface area contributed by atoms with Crippen molar-refractivity contribution in [1.82, 2.24) is 5.32 Å². The Morgan fingerprint density at radius 3 is 2.75 bits per heavy atom. The van der Waals surface area contributed by atoms with Crippen LogP contribution in [0, 0.1) is 5.92 Å². The third kappa shape index (κ3) is 2.91. The third-order valence-corrected chi connectivity index (χ3v) is 4.17. The van der Waals surface area contributed by atoms with Crippen molar-refractivity contribution in [2.45, 2.75) is 31.9 Å². The summed E-state index contributed by atoms with van der Waals surface area (Å²) in [6.45, 7) is 3.02. The van der Waals surface area contributed by atoms with Gasteiger partial charge in [0.2, 0.25) is 0 Å². The Morgan fingerprint density at radius 2 is 2.15 bits per heavy atom. The topological polar surface area (TPSA) is 39.7 Å². The van der Waals surface area contributed by atoms with E-state index in [0.717, 1.165) is 36.5 Å². The van der Waals surface area contributed by atoms with Crippen molar-refractivity contribution < 1.29 is 14.2 Å². The molecule has 112 valence electrons. The maximum atomic E-state index is 5.84. The van der Waals surface area contributed by atoms with Crippen molar-refractivity contribution in [1.29, 1.82) is 0 Å². The summed E-state index contributed by atoms with van der Waals surface area (Å²) in [4.78, 5) is 0. The van der Waals surface area contributed by atoms with Crippen molar-refractivity contribution in [2.24, 2.45) is 5.92 Å². The molecule has 0 amide bonds. The SMILES string of the molecule is CCC1OCCC1C(NC)c1cc(OC)ccc1OC. The van der Waals surface area contributed by atoms with Crippen LogP contribution in [-0.4, -0.2) is 34.0 Å². The second kappa shape index (κ2) is 6.95. The van der Waals surface area contributed by atoms with E-state index < -0.39 is 0 Å². The molecule has 0 radical (unpaired) electrons. The quantitative estimate of drug-likeness (QED) is 0.869. The van der Waals surface area contributed by atoms with Gasteiger partial charge in [0.15, 0.2) is 0 Å². The molecule has 0 aliphatic carbocycles. The first kappa shape index (κ1) is 15.1. The van der Waals surface area contributed by atoms with Crippen molar-refractivity contribution in [3.63, 3.8) is 0 Å². The monoisotopic (exact) mass is 279 g/mol. The summed E-state index contributed by atoms with van der Waals surface area (Å²) in [5.41, 5.74) is 1.14. The summed E-state index contributed by atoms with van der Waals surface area (Å²) in [6.07, 6.45) is 2.42. The van der Waals surface area contributed by atoms with Crippen LogP contribution in [-0.2, 0) is 4.74 Å². The van der Waals surface area contributed by atoms with Crippen LogP contribution < -0.4 is 14.8 Å². The molecule has 1 aromatic rings. The summed E-state index contributed by atoms with van der Waals surface area (Å²) in [5, 5.41) is 3.44.